The molecule has 3 aromatic carbocycles. The van der Waals surface area contributed by atoms with Crippen LogP contribution in [0.4, 0.5) is 8.78 Å². The number of amidine groups is 1. The van der Waals surface area contributed by atoms with Gasteiger partial charge in [0.1, 0.15) is 17.5 Å². The van der Waals surface area contributed by atoms with E-state index in [1.54, 1.807) is 55.5 Å². The molecule has 0 aromatic heterocycles. The van der Waals surface area contributed by atoms with E-state index in [1.165, 1.54) is 0 Å². The predicted molar refractivity (Wildman–Crippen MR) is 121 cm³/mol. The lowest BCUT2D eigenvalue weighted by atomic mass is 9.96. The Labute approximate surface area is 190 Å². The van der Waals surface area contributed by atoms with E-state index < -0.39 is 29.2 Å². The summed E-state index contributed by atoms with van der Waals surface area (Å²) in [6, 6.07) is 15.7. The van der Waals surface area contributed by atoms with E-state index in [1.807, 2.05) is 0 Å². The molecule has 0 heterocycles. The maximum Gasteiger partial charge on any atom is 0.254 e. The van der Waals surface area contributed by atoms with E-state index in [4.69, 9.17) is 15.9 Å². The summed E-state index contributed by atoms with van der Waals surface area (Å²) in [7, 11) is 0. The van der Waals surface area contributed by atoms with Crippen molar-refractivity contribution in [3.8, 4) is 11.1 Å². The first-order valence-electron chi connectivity index (χ1n) is 10.4. The molecule has 0 radical (unpaired) electrons. The zero-order chi connectivity index (χ0) is 24.0. The van der Waals surface area contributed by atoms with Crippen LogP contribution in [-0.2, 0) is 22.7 Å². The van der Waals surface area contributed by atoms with E-state index in [0.29, 0.717) is 16.7 Å². The highest BCUT2D eigenvalue weighted by Crippen LogP contribution is 2.31. The van der Waals surface area contributed by atoms with Crippen molar-refractivity contribution >= 4 is 11.7 Å². The number of aliphatic hydroxyl groups is 1. The van der Waals surface area contributed by atoms with Gasteiger partial charge in [0, 0.05) is 18.7 Å². The number of nitrogens with two attached hydrogens (primary N) is 1. The number of carbonyl (C=O) groups excluding carboxylic acids is 1. The molecule has 3 aromatic rings. The second-order valence-corrected chi connectivity index (χ2v) is 7.33. The number of ether oxygens (including phenoxy) is 1. The van der Waals surface area contributed by atoms with Gasteiger partial charge >= 0.3 is 0 Å². The first-order chi connectivity index (χ1) is 15.8. The lowest BCUT2D eigenvalue weighted by molar-refractivity contribution is -0.133. The van der Waals surface area contributed by atoms with E-state index in [2.05, 4.69) is 5.32 Å². The van der Waals surface area contributed by atoms with Crippen molar-refractivity contribution in [3.63, 3.8) is 0 Å². The second kappa shape index (κ2) is 10.8. The lowest BCUT2D eigenvalue weighted by Crippen LogP contribution is -2.31. The van der Waals surface area contributed by atoms with Gasteiger partial charge < -0.3 is 20.9 Å². The second-order valence-electron chi connectivity index (χ2n) is 7.33. The molecule has 0 aliphatic carbocycles. The van der Waals surface area contributed by atoms with E-state index in [-0.39, 0.29) is 31.2 Å². The van der Waals surface area contributed by atoms with Gasteiger partial charge in [0.25, 0.3) is 5.91 Å². The van der Waals surface area contributed by atoms with Crippen LogP contribution in [0.25, 0.3) is 11.1 Å². The molecule has 1 unspecified atom stereocenters. The normalized spacial score (nSPS) is 11.8. The van der Waals surface area contributed by atoms with Crippen LogP contribution >= 0.6 is 0 Å². The molecule has 6 nitrogen and oxygen atoms in total. The Hall–Kier alpha value is -3.62. The summed E-state index contributed by atoms with van der Waals surface area (Å²) >= 11 is 0. The molecule has 0 aliphatic rings. The minimum Gasteiger partial charge on any atom is -0.392 e. The van der Waals surface area contributed by atoms with Crippen LogP contribution in [0.2, 0.25) is 0 Å². The maximum atomic E-state index is 15.1. The molecule has 0 bridgehead atoms. The number of halogens is 2. The van der Waals surface area contributed by atoms with Crippen LogP contribution < -0.4 is 11.1 Å². The molecule has 0 aliphatic heterocycles. The van der Waals surface area contributed by atoms with Crippen LogP contribution in [-0.4, -0.2) is 23.5 Å². The van der Waals surface area contributed by atoms with Gasteiger partial charge in [-0.05, 0) is 41.3 Å². The molecule has 0 spiro atoms. The number of rotatable bonds is 9. The van der Waals surface area contributed by atoms with Crippen molar-refractivity contribution in [3.05, 3.63) is 94.6 Å². The minimum atomic E-state index is -1.48. The summed E-state index contributed by atoms with van der Waals surface area (Å²) in [5.74, 6) is -2.60. The lowest BCUT2D eigenvalue weighted by Gasteiger charge is -2.19. The minimum absolute atomic E-state index is 0.0688. The molecule has 5 N–H and O–H groups in total. The number of benzene rings is 3. The maximum absolute atomic E-state index is 15.1. The highest BCUT2D eigenvalue weighted by Gasteiger charge is 2.28. The fourth-order valence-corrected chi connectivity index (χ4v) is 3.47. The van der Waals surface area contributed by atoms with Crippen molar-refractivity contribution < 1.29 is 23.4 Å². The quantitative estimate of drug-likeness (QED) is 0.292. The molecule has 0 saturated heterocycles. The van der Waals surface area contributed by atoms with Crippen molar-refractivity contribution in [2.75, 3.05) is 6.61 Å². The van der Waals surface area contributed by atoms with E-state index in [9.17, 15) is 9.90 Å². The van der Waals surface area contributed by atoms with Crippen LogP contribution in [0, 0.1) is 17.0 Å². The first-order valence-corrected chi connectivity index (χ1v) is 10.4. The number of hydrogen-bond acceptors (Lipinski definition) is 4. The smallest absolute Gasteiger partial charge is 0.254 e. The van der Waals surface area contributed by atoms with Crippen molar-refractivity contribution in [2.24, 2.45) is 5.73 Å². The van der Waals surface area contributed by atoms with Gasteiger partial charge in [-0.2, -0.15) is 0 Å². The third-order valence-corrected chi connectivity index (χ3v) is 5.14. The first kappa shape index (κ1) is 24.0. The van der Waals surface area contributed by atoms with E-state index in [0.717, 1.165) is 17.7 Å². The number of amides is 1. The molecule has 172 valence electrons. The predicted octanol–water partition coefficient (Wildman–Crippen LogP) is 3.80. The van der Waals surface area contributed by atoms with Gasteiger partial charge in [-0.3, -0.25) is 10.2 Å². The van der Waals surface area contributed by atoms with E-state index >= 15 is 8.78 Å². The fourth-order valence-electron chi connectivity index (χ4n) is 3.47. The number of carbonyl (C=O) groups is 1. The summed E-state index contributed by atoms with van der Waals surface area (Å²) in [5, 5.41) is 19.6. The van der Waals surface area contributed by atoms with Crippen LogP contribution in [0.5, 0.6) is 0 Å². The van der Waals surface area contributed by atoms with Crippen LogP contribution in [0.15, 0.2) is 60.7 Å². The monoisotopic (exact) mass is 453 g/mol. The topological polar surface area (TPSA) is 108 Å². The Bertz CT molecular complexity index is 1130. The summed E-state index contributed by atoms with van der Waals surface area (Å²) in [5.41, 5.74) is 7.49. The Morgan fingerprint density at radius 1 is 1.12 bits per heavy atom. The van der Waals surface area contributed by atoms with Gasteiger partial charge in [-0.1, -0.05) is 48.5 Å². The fraction of sp³-hybridized carbons (Fsp3) is 0.200. The number of aliphatic hydroxyl groups excluding tert-OH is 1. The zero-order valence-corrected chi connectivity index (χ0v) is 18.1. The molecular weight excluding hydrogens is 428 g/mol. The van der Waals surface area contributed by atoms with Crippen molar-refractivity contribution in [1.29, 1.82) is 5.41 Å². The molecule has 8 heteroatoms. The molecule has 1 amide bonds. The molecule has 33 heavy (non-hydrogen) atoms. The van der Waals surface area contributed by atoms with Gasteiger partial charge in [-0.15, -0.1) is 0 Å². The van der Waals surface area contributed by atoms with Gasteiger partial charge in [0.05, 0.1) is 12.2 Å². The largest absolute Gasteiger partial charge is 0.392 e. The molecular formula is C25H25F2N3O3. The summed E-state index contributed by atoms with van der Waals surface area (Å²) < 4.78 is 35.5. The Kier molecular flexibility index (Phi) is 7.87. The van der Waals surface area contributed by atoms with Crippen molar-refractivity contribution in [2.45, 2.75) is 26.2 Å². The summed E-state index contributed by atoms with van der Waals surface area (Å²) in [6.07, 6.45) is -1.48. The zero-order valence-electron chi connectivity index (χ0n) is 18.1. The highest BCUT2D eigenvalue weighted by atomic mass is 19.1. The SMILES string of the molecule is CCOC(C(=O)NCc1ccc(C(=N)N)cc1)c1c(F)cc(-c2ccccc2CO)cc1F. The average molecular weight is 453 g/mol. The molecule has 0 saturated carbocycles. The number of nitrogens with one attached hydrogen (secondary N) is 2. The van der Waals surface area contributed by atoms with Crippen LogP contribution in [0.3, 0.4) is 0 Å². The van der Waals surface area contributed by atoms with Gasteiger partial charge in [0.15, 0.2) is 6.10 Å². The Morgan fingerprint density at radius 3 is 2.33 bits per heavy atom. The summed E-state index contributed by atoms with van der Waals surface area (Å²) in [4.78, 5) is 12.8. The third-order valence-electron chi connectivity index (χ3n) is 5.14. The Balaban J connectivity index is 1.84. The van der Waals surface area contributed by atoms with Gasteiger partial charge in [0.2, 0.25) is 0 Å². The summed E-state index contributed by atoms with van der Waals surface area (Å²) in [6.45, 7) is 1.52. The average Bonchev–Trinajstić information content (AvgIpc) is 2.81. The number of hydrogen-bond donors (Lipinski definition) is 4. The highest BCUT2D eigenvalue weighted by molar-refractivity contribution is 5.94. The molecule has 3 rings (SSSR count). The van der Waals surface area contributed by atoms with Crippen LogP contribution in [0.1, 0.15) is 35.3 Å². The van der Waals surface area contributed by atoms with Gasteiger partial charge in [-0.25, -0.2) is 8.78 Å². The molecule has 1 atom stereocenters. The van der Waals surface area contributed by atoms with Crippen molar-refractivity contribution in [1.82, 2.24) is 5.32 Å². The molecule has 0 fully saturated rings. The standard InChI is InChI=1S/C25H25F2N3O3/c1-2-33-23(25(32)30-13-15-7-9-16(10-8-15)24(28)29)22-20(26)11-18(12-21(22)27)19-6-4-3-5-17(19)14-31/h3-12,23,31H,2,13-14H2,1H3,(H3,28,29)(H,30,32). The number of nitrogen functional groups attached to an aromatic ring is 1. The third kappa shape index (κ3) is 5.60. The Morgan fingerprint density at radius 2 is 1.76 bits per heavy atom.